The van der Waals surface area contributed by atoms with E-state index in [0.29, 0.717) is 12.0 Å². The molecule has 138 valence electrons. The number of hydrazine groups is 1. The number of hydrogen-bond acceptors (Lipinski definition) is 6. The summed E-state index contributed by atoms with van der Waals surface area (Å²) in [7, 11) is 0. The summed E-state index contributed by atoms with van der Waals surface area (Å²) in [4.78, 5) is 26.4. The molecule has 1 aromatic carbocycles. The summed E-state index contributed by atoms with van der Waals surface area (Å²) in [6.07, 6.45) is 8.12. The number of nitrogens with one attached hydrogen (secondary N) is 2. The Labute approximate surface area is 157 Å². The molecule has 1 saturated carbocycles. The lowest BCUT2D eigenvalue weighted by atomic mass is 9.81. The number of fused-ring (bicyclic) bond motifs is 3. The second kappa shape index (κ2) is 7.28. The molecule has 2 fully saturated rings. The van der Waals surface area contributed by atoms with Gasteiger partial charge in [-0.3, -0.25) is 14.6 Å². The van der Waals surface area contributed by atoms with Crippen LogP contribution in [0.4, 0.5) is 5.69 Å². The molecule has 8 heteroatoms. The number of carbonyl (C=O) groups is 2. The van der Waals surface area contributed by atoms with E-state index in [1.165, 1.54) is 11.4 Å². The van der Waals surface area contributed by atoms with Crippen LogP contribution in [0.25, 0.3) is 0 Å². The number of anilines is 1. The molecule has 3 aliphatic rings. The van der Waals surface area contributed by atoms with Gasteiger partial charge in [0.05, 0.1) is 0 Å². The Hall–Kier alpha value is -2.06. The van der Waals surface area contributed by atoms with Crippen LogP contribution in [0.1, 0.15) is 25.7 Å². The van der Waals surface area contributed by atoms with Gasteiger partial charge in [-0.1, -0.05) is 18.9 Å². The maximum atomic E-state index is 12.9. The Kier molecular flexibility index (Phi) is 4.86. The van der Waals surface area contributed by atoms with Crippen molar-refractivity contribution in [2.75, 3.05) is 18.1 Å². The summed E-state index contributed by atoms with van der Waals surface area (Å²) in [5, 5.41) is 10.2. The number of hydrogen-bond donors (Lipinski definition) is 2. The number of rotatable bonds is 4. The molecular weight excluding hydrogens is 350 g/mol. The number of hydrazone groups is 1. The molecule has 2 amide bonds. The third-order valence-electron chi connectivity index (χ3n) is 5.31. The van der Waals surface area contributed by atoms with Gasteiger partial charge in [-0.05, 0) is 37.3 Å². The van der Waals surface area contributed by atoms with Gasteiger partial charge < -0.3 is 5.32 Å². The molecule has 4 rings (SSSR count). The third-order valence-corrected chi connectivity index (χ3v) is 6.03. The predicted octanol–water partition coefficient (Wildman–Crippen LogP) is 1.88. The molecule has 7 nitrogen and oxygen atoms in total. The van der Waals surface area contributed by atoms with Crippen molar-refractivity contribution in [3.8, 4) is 0 Å². The minimum Gasteiger partial charge on any atom is -0.324 e. The monoisotopic (exact) mass is 373 g/mol. The van der Waals surface area contributed by atoms with E-state index in [0.717, 1.165) is 29.8 Å². The van der Waals surface area contributed by atoms with Crippen molar-refractivity contribution in [1.29, 1.82) is 0 Å². The molecular formula is C18H23N5O2S. The molecule has 3 atom stereocenters. The van der Waals surface area contributed by atoms with Gasteiger partial charge in [0.15, 0.2) is 0 Å². The molecule has 1 aliphatic carbocycles. The zero-order valence-electron chi connectivity index (χ0n) is 14.7. The van der Waals surface area contributed by atoms with E-state index in [1.54, 1.807) is 18.1 Å². The topological polar surface area (TPSA) is 77.0 Å². The van der Waals surface area contributed by atoms with Crippen LogP contribution in [-0.2, 0) is 9.59 Å². The van der Waals surface area contributed by atoms with Crippen molar-refractivity contribution >= 4 is 35.6 Å². The van der Waals surface area contributed by atoms with Gasteiger partial charge in [-0.2, -0.15) is 5.10 Å². The molecule has 2 N–H and O–H groups in total. The lowest BCUT2D eigenvalue weighted by Crippen LogP contribution is -2.53. The van der Waals surface area contributed by atoms with Gasteiger partial charge in [-0.15, -0.1) is 11.8 Å². The first-order valence-corrected chi connectivity index (χ1v) is 10.2. The van der Waals surface area contributed by atoms with Crippen molar-refractivity contribution in [2.24, 2.45) is 11.0 Å². The predicted molar refractivity (Wildman–Crippen MR) is 102 cm³/mol. The van der Waals surface area contributed by atoms with Crippen LogP contribution in [0.3, 0.4) is 0 Å². The van der Waals surface area contributed by atoms with Crippen LogP contribution in [0.2, 0.25) is 0 Å². The standard InChI is InChI=1S/C18H23N5O2S/c1-26-13-6-4-5-12(9-13)20-16(24)10-22-18(25)17-14-7-2-3-8-15(14)21-23(17)11-19-22/h4-6,9,11,14-15,17,21H,2-3,7-8,10H2,1H3,(H,20,24). The summed E-state index contributed by atoms with van der Waals surface area (Å²) < 4.78 is 0. The van der Waals surface area contributed by atoms with Gasteiger partial charge >= 0.3 is 0 Å². The van der Waals surface area contributed by atoms with Crippen molar-refractivity contribution < 1.29 is 9.59 Å². The first-order valence-electron chi connectivity index (χ1n) is 8.99. The Morgan fingerprint density at radius 1 is 1.38 bits per heavy atom. The first kappa shape index (κ1) is 17.4. The van der Waals surface area contributed by atoms with E-state index in [-0.39, 0.29) is 24.4 Å². The Morgan fingerprint density at radius 2 is 2.23 bits per heavy atom. The molecule has 1 aromatic rings. The average molecular weight is 373 g/mol. The first-order chi connectivity index (χ1) is 12.7. The average Bonchev–Trinajstić information content (AvgIpc) is 3.03. The highest BCUT2D eigenvalue weighted by atomic mass is 32.2. The summed E-state index contributed by atoms with van der Waals surface area (Å²) in [6, 6.07) is 7.74. The van der Waals surface area contributed by atoms with E-state index < -0.39 is 0 Å². The number of nitrogens with zero attached hydrogens (tertiary/aromatic N) is 3. The van der Waals surface area contributed by atoms with Crippen LogP contribution in [-0.4, -0.2) is 53.1 Å². The lowest BCUT2D eigenvalue weighted by Gasteiger charge is -2.32. The number of carbonyl (C=O) groups excluding carboxylic acids is 2. The minimum absolute atomic E-state index is 0.0689. The van der Waals surface area contributed by atoms with E-state index in [1.807, 2.05) is 35.5 Å². The van der Waals surface area contributed by atoms with E-state index >= 15 is 0 Å². The molecule has 0 aromatic heterocycles. The lowest BCUT2D eigenvalue weighted by molar-refractivity contribution is -0.140. The third kappa shape index (κ3) is 3.31. The number of benzene rings is 1. The maximum Gasteiger partial charge on any atom is 0.267 e. The molecule has 0 radical (unpaired) electrons. The van der Waals surface area contributed by atoms with E-state index in [4.69, 9.17) is 0 Å². The largest absolute Gasteiger partial charge is 0.324 e. The van der Waals surface area contributed by atoms with Crippen LogP contribution in [0.5, 0.6) is 0 Å². The molecule has 0 spiro atoms. The molecule has 3 unspecified atom stereocenters. The van der Waals surface area contributed by atoms with E-state index in [9.17, 15) is 9.59 Å². The second-order valence-corrected chi connectivity index (χ2v) is 7.82. The van der Waals surface area contributed by atoms with Crippen molar-refractivity contribution in [1.82, 2.24) is 15.4 Å². The van der Waals surface area contributed by atoms with Gasteiger partial charge in [-0.25, -0.2) is 10.4 Å². The minimum atomic E-state index is -0.245. The van der Waals surface area contributed by atoms with Gasteiger partial charge in [0.25, 0.3) is 5.91 Å². The Balaban J connectivity index is 1.41. The van der Waals surface area contributed by atoms with Crippen LogP contribution < -0.4 is 10.7 Å². The van der Waals surface area contributed by atoms with Crippen LogP contribution in [0, 0.1) is 5.92 Å². The normalized spacial score (nSPS) is 27.3. The number of amides is 2. The fourth-order valence-corrected chi connectivity index (χ4v) is 4.53. The van der Waals surface area contributed by atoms with Crippen molar-refractivity contribution in [2.45, 2.75) is 42.7 Å². The second-order valence-electron chi connectivity index (χ2n) is 6.94. The highest BCUT2D eigenvalue weighted by Gasteiger charge is 2.48. The fourth-order valence-electron chi connectivity index (χ4n) is 4.07. The summed E-state index contributed by atoms with van der Waals surface area (Å²) >= 11 is 1.62. The summed E-state index contributed by atoms with van der Waals surface area (Å²) in [5.41, 5.74) is 4.11. The molecule has 2 heterocycles. The van der Waals surface area contributed by atoms with Crippen LogP contribution >= 0.6 is 11.8 Å². The van der Waals surface area contributed by atoms with Crippen molar-refractivity contribution in [3.63, 3.8) is 0 Å². The maximum absolute atomic E-state index is 12.9. The Bertz CT molecular complexity index is 740. The quantitative estimate of drug-likeness (QED) is 0.788. The van der Waals surface area contributed by atoms with Gasteiger partial charge in [0, 0.05) is 22.5 Å². The highest BCUT2D eigenvalue weighted by molar-refractivity contribution is 7.98. The molecule has 1 saturated heterocycles. The number of thioether (sulfide) groups is 1. The molecule has 2 aliphatic heterocycles. The Morgan fingerprint density at radius 3 is 3.08 bits per heavy atom. The van der Waals surface area contributed by atoms with Gasteiger partial charge in [0.2, 0.25) is 5.91 Å². The van der Waals surface area contributed by atoms with Crippen molar-refractivity contribution in [3.05, 3.63) is 24.3 Å². The van der Waals surface area contributed by atoms with E-state index in [2.05, 4.69) is 15.8 Å². The molecule has 26 heavy (non-hydrogen) atoms. The van der Waals surface area contributed by atoms with Gasteiger partial charge in [0.1, 0.15) is 18.9 Å². The zero-order chi connectivity index (χ0) is 18.1. The summed E-state index contributed by atoms with van der Waals surface area (Å²) in [5.74, 6) is -0.0393. The smallest absolute Gasteiger partial charge is 0.267 e. The SMILES string of the molecule is CSc1cccc(NC(=O)CN2N=CN3NC4CCCCC4C3C2=O)c1. The summed E-state index contributed by atoms with van der Waals surface area (Å²) in [6.45, 7) is -0.0689. The fraction of sp³-hybridized carbons (Fsp3) is 0.500. The molecule has 0 bridgehead atoms. The highest BCUT2D eigenvalue weighted by Crippen LogP contribution is 2.35. The van der Waals surface area contributed by atoms with Crippen LogP contribution in [0.15, 0.2) is 34.3 Å². The zero-order valence-corrected chi connectivity index (χ0v) is 15.5.